The van der Waals surface area contributed by atoms with E-state index in [0.29, 0.717) is 17.0 Å². The molecule has 0 atom stereocenters. The third kappa shape index (κ3) is 5.68. The van der Waals surface area contributed by atoms with Crippen molar-refractivity contribution in [3.63, 3.8) is 0 Å². The van der Waals surface area contributed by atoms with Crippen molar-refractivity contribution in [3.05, 3.63) is 34.6 Å². The minimum Gasteiger partial charge on any atom is -0.349 e. The van der Waals surface area contributed by atoms with Crippen LogP contribution in [0, 0.1) is 17.2 Å². The zero-order valence-corrected chi connectivity index (χ0v) is 17.2. The molecule has 5 heteroatoms. The van der Waals surface area contributed by atoms with Crippen molar-refractivity contribution in [2.45, 2.75) is 77.3 Å². The van der Waals surface area contributed by atoms with Gasteiger partial charge >= 0.3 is 0 Å². The predicted octanol–water partition coefficient (Wildman–Crippen LogP) is 5.33. The smallest absolute Gasteiger partial charge is 0.251 e. The van der Waals surface area contributed by atoms with Crippen LogP contribution in [-0.2, 0) is 0 Å². The van der Waals surface area contributed by atoms with Crippen molar-refractivity contribution in [2.75, 3.05) is 6.54 Å². The molecule has 0 spiro atoms. The molecular formula is C22H32ClFN2O. The molecule has 1 amide bonds. The van der Waals surface area contributed by atoms with Gasteiger partial charge in [0.15, 0.2) is 0 Å². The lowest BCUT2D eigenvalue weighted by atomic mass is 9.77. The van der Waals surface area contributed by atoms with Crippen molar-refractivity contribution >= 4 is 17.5 Å². The van der Waals surface area contributed by atoms with Gasteiger partial charge in [-0.25, -0.2) is 4.39 Å². The highest BCUT2D eigenvalue weighted by Gasteiger charge is 2.32. The Balaban J connectivity index is 1.42. The number of carbonyl (C=O) groups excluding carboxylic acids is 1. The molecule has 3 nitrogen and oxygen atoms in total. The SMILES string of the molecule is CC(C)(CNC1CCC(NC(=O)c2cc(F)cc(Cl)c2)CC1)C1CCCC1. The summed E-state index contributed by atoms with van der Waals surface area (Å²) in [6, 6.07) is 4.64. The molecule has 0 saturated heterocycles. The van der Waals surface area contributed by atoms with Crippen LogP contribution >= 0.6 is 11.6 Å². The third-order valence-electron chi connectivity index (χ3n) is 6.49. The molecule has 0 aliphatic heterocycles. The van der Waals surface area contributed by atoms with E-state index in [2.05, 4.69) is 24.5 Å². The zero-order valence-electron chi connectivity index (χ0n) is 16.5. The van der Waals surface area contributed by atoms with Gasteiger partial charge < -0.3 is 10.6 Å². The Morgan fingerprint density at radius 3 is 2.33 bits per heavy atom. The van der Waals surface area contributed by atoms with E-state index in [-0.39, 0.29) is 17.0 Å². The quantitative estimate of drug-likeness (QED) is 0.684. The average Bonchev–Trinajstić information content (AvgIpc) is 3.16. The fourth-order valence-corrected chi connectivity index (χ4v) is 4.88. The summed E-state index contributed by atoms with van der Waals surface area (Å²) in [6.45, 7) is 5.86. The van der Waals surface area contributed by atoms with Crippen LogP contribution in [0.5, 0.6) is 0 Å². The first-order chi connectivity index (χ1) is 12.8. The molecule has 0 aromatic heterocycles. The van der Waals surface area contributed by atoms with Crippen LogP contribution in [0.25, 0.3) is 0 Å². The van der Waals surface area contributed by atoms with E-state index in [1.165, 1.54) is 43.9 Å². The van der Waals surface area contributed by atoms with Crippen LogP contribution in [0.4, 0.5) is 4.39 Å². The van der Waals surface area contributed by atoms with Crippen molar-refractivity contribution < 1.29 is 9.18 Å². The van der Waals surface area contributed by atoms with Gasteiger partial charge in [0.1, 0.15) is 5.82 Å². The fraction of sp³-hybridized carbons (Fsp3) is 0.682. The Hall–Kier alpha value is -1.13. The van der Waals surface area contributed by atoms with Gasteiger partial charge in [-0.05, 0) is 68.1 Å². The lowest BCUT2D eigenvalue weighted by molar-refractivity contribution is 0.0922. The molecule has 0 bridgehead atoms. The van der Waals surface area contributed by atoms with Gasteiger partial charge in [0.2, 0.25) is 0 Å². The van der Waals surface area contributed by atoms with E-state index >= 15 is 0 Å². The van der Waals surface area contributed by atoms with E-state index in [1.54, 1.807) is 0 Å². The average molecular weight is 395 g/mol. The van der Waals surface area contributed by atoms with Crippen molar-refractivity contribution in [1.29, 1.82) is 0 Å². The van der Waals surface area contributed by atoms with Crippen LogP contribution in [0.2, 0.25) is 5.02 Å². The molecule has 1 aromatic carbocycles. The largest absolute Gasteiger partial charge is 0.349 e. The van der Waals surface area contributed by atoms with Gasteiger partial charge in [-0.3, -0.25) is 4.79 Å². The fourth-order valence-electron chi connectivity index (χ4n) is 4.65. The molecule has 150 valence electrons. The standard InChI is InChI=1S/C22H32ClFN2O/c1-22(2,16-5-3-4-6-16)14-25-19-7-9-20(10-8-19)26-21(27)15-11-17(23)13-18(24)12-15/h11-13,16,19-20,25H,3-10,14H2,1-2H3,(H,26,27). The lowest BCUT2D eigenvalue weighted by Crippen LogP contribution is -2.45. The maximum absolute atomic E-state index is 13.4. The molecule has 2 aliphatic rings. The van der Waals surface area contributed by atoms with Crippen LogP contribution in [-0.4, -0.2) is 24.5 Å². The number of hydrogen-bond acceptors (Lipinski definition) is 2. The monoisotopic (exact) mass is 394 g/mol. The van der Waals surface area contributed by atoms with Crippen LogP contribution in [0.15, 0.2) is 18.2 Å². The van der Waals surface area contributed by atoms with E-state index in [0.717, 1.165) is 38.1 Å². The topological polar surface area (TPSA) is 41.1 Å². The normalized spacial score (nSPS) is 24.1. The van der Waals surface area contributed by atoms with Gasteiger partial charge in [-0.2, -0.15) is 0 Å². The van der Waals surface area contributed by atoms with Crippen molar-refractivity contribution in [3.8, 4) is 0 Å². The molecule has 2 N–H and O–H groups in total. The molecule has 0 heterocycles. The second-order valence-corrected chi connectivity index (χ2v) is 9.47. The number of halogens is 2. The summed E-state index contributed by atoms with van der Waals surface area (Å²) in [5.74, 6) is 0.124. The second kappa shape index (κ2) is 8.91. The molecule has 1 aromatic rings. The predicted molar refractivity (Wildman–Crippen MR) is 109 cm³/mol. The summed E-state index contributed by atoms with van der Waals surface area (Å²) in [5, 5.41) is 7.06. The second-order valence-electron chi connectivity index (χ2n) is 9.03. The van der Waals surface area contributed by atoms with E-state index < -0.39 is 5.82 Å². The zero-order chi connectivity index (χ0) is 19.4. The number of rotatable bonds is 6. The highest BCUT2D eigenvalue weighted by molar-refractivity contribution is 6.31. The first kappa shape index (κ1) is 20.6. The van der Waals surface area contributed by atoms with E-state index in [4.69, 9.17) is 11.6 Å². The number of carbonyl (C=O) groups is 1. The Bertz CT molecular complexity index is 629. The van der Waals surface area contributed by atoms with Gasteiger partial charge in [0.25, 0.3) is 5.91 Å². The number of amides is 1. The van der Waals surface area contributed by atoms with E-state index in [1.807, 2.05) is 0 Å². The van der Waals surface area contributed by atoms with Crippen LogP contribution < -0.4 is 10.6 Å². The minimum atomic E-state index is -0.481. The summed E-state index contributed by atoms with van der Waals surface area (Å²) in [7, 11) is 0. The number of hydrogen-bond donors (Lipinski definition) is 2. The van der Waals surface area contributed by atoms with Crippen molar-refractivity contribution in [2.24, 2.45) is 11.3 Å². The molecular weight excluding hydrogens is 363 g/mol. The van der Waals surface area contributed by atoms with Crippen LogP contribution in [0.1, 0.15) is 75.6 Å². The Kier molecular flexibility index (Phi) is 6.80. The van der Waals surface area contributed by atoms with E-state index in [9.17, 15) is 9.18 Å². The molecule has 3 rings (SSSR count). The molecule has 0 radical (unpaired) electrons. The molecule has 2 aliphatic carbocycles. The molecule has 27 heavy (non-hydrogen) atoms. The highest BCUT2D eigenvalue weighted by atomic mass is 35.5. The van der Waals surface area contributed by atoms with Gasteiger partial charge in [-0.15, -0.1) is 0 Å². The maximum atomic E-state index is 13.4. The molecule has 2 fully saturated rings. The van der Waals surface area contributed by atoms with Gasteiger partial charge in [-0.1, -0.05) is 38.3 Å². The Morgan fingerprint density at radius 1 is 1.07 bits per heavy atom. The summed E-state index contributed by atoms with van der Waals surface area (Å²) in [5.41, 5.74) is 0.650. The highest BCUT2D eigenvalue weighted by Crippen LogP contribution is 2.39. The lowest BCUT2D eigenvalue weighted by Gasteiger charge is -2.36. The summed E-state index contributed by atoms with van der Waals surface area (Å²) in [6.07, 6.45) is 9.55. The first-order valence-corrected chi connectivity index (χ1v) is 10.7. The summed E-state index contributed by atoms with van der Waals surface area (Å²) >= 11 is 5.85. The van der Waals surface area contributed by atoms with Gasteiger partial charge in [0, 0.05) is 29.2 Å². The number of benzene rings is 1. The Labute approximate surface area is 167 Å². The maximum Gasteiger partial charge on any atom is 0.251 e. The minimum absolute atomic E-state index is 0.153. The molecule has 2 saturated carbocycles. The summed E-state index contributed by atoms with van der Waals surface area (Å²) in [4.78, 5) is 12.4. The first-order valence-electron chi connectivity index (χ1n) is 10.3. The summed E-state index contributed by atoms with van der Waals surface area (Å²) < 4.78 is 13.4. The third-order valence-corrected chi connectivity index (χ3v) is 6.71. The van der Waals surface area contributed by atoms with Gasteiger partial charge in [0.05, 0.1) is 0 Å². The Morgan fingerprint density at radius 2 is 1.70 bits per heavy atom. The molecule has 0 unspecified atom stereocenters. The van der Waals surface area contributed by atoms with Crippen molar-refractivity contribution in [1.82, 2.24) is 10.6 Å². The van der Waals surface area contributed by atoms with Crippen LogP contribution in [0.3, 0.4) is 0 Å². The number of nitrogens with one attached hydrogen (secondary N) is 2.